The Kier molecular flexibility index (Phi) is 2.68. The molecule has 0 saturated carbocycles. The fourth-order valence-corrected chi connectivity index (χ4v) is 3.81. The number of hydrogen-bond acceptors (Lipinski definition) is 2. The number of hydrogen-bond donors (Lipinski definition) is 0. The van der Waals surface area contributed by atoms with E-state index in [4.69, 9.17) is 4.74 Å². The van der Waals surface area contributed by atoms with Crippen LogP contribution in [0.2, 0.25) is 0 Å². The quantitative estimate of drug-likeness (QED) is 0.577. The van der Waals surface area contributed by atoms with Gasteiger partial charge in [0.25, 0.3) is 0 Å². The zero-order chi connectivity index (χ0) is 14.4. The molecule has 2 aliphatic rings. The normalized spacial score (nSPS) is 31.2. The van der Waals surface area contributed by atoms with E-state index in [-0.39, 0.29) is 17.5 Å². The van der Waals surface area contributed by atoms with Crippen LogP contribution in [0.4, 0.5) is 0 Å². The summed E-state index contributed by atoms with van der Waals surface area (Å²) in [6.45, 7) is 2.17. The largest absolute Gasteiger partial charge is 0.457 e. The molecule has 0 radical (unpaired) electrons. The second-order valence-electron chi connectivity index (χ2n) is 6.51. The van der Waals surface area contributed by atoms with Gasteiger partial charge < -0.3 is 4.74 Å². The third kappa shape index (κ3) is 1.98. The molecule has 106 valence electrons. The molecular weight excluding hydrogens is 260 g/mol. The summed E-state index contributed by atoms with van der Waals surface area (Å²) in [5.41, 5.74) is 1.29. The molecule has 1 aliphatic carbocycles. The Bertz CT molecular complexity index is 741. The average molecular weight is 278 g/mol. The van der Waals surface area contributed by atoms with Gasteiger partial charge in [0.1, 0.15) is 6.10 Å². The second-order valence-corrected chi connectivity index (χ2v) is 6.51. The highest BCUT2D eigenvalue weighted by Crippen LogP contribution is 2.48. The lowest BCUT2D eigenvalue weighted by Gasteiger charge is -2.34. The number of ether oxygens (including phenoxy) is 1. The lowest BCUT2D eigenvalue weighted by molar-refractivity contribution is -0.140. The Balaban J connectivity index is 1.77. The van der Waals surface area contributed by atoms with Crippen molar-refractivity contribution in [1.82, 2.24) is 0 Å². The Morgan fingerprint density at radius 3 is 2.81 bits per heavy atom. The number of fused-ring (bicyclic) bond motifs is 2. The summed E-state index contributed by atoms with van der Waals surface area (Å²) in [7, 11) is 0. The molecule has 1 heterocycles. The molecule has 2 nitrogen and oxygen atoms in total. The maximum Gasteiger partial charge on any atom is 0.307 e. The van der Waals surface area contributed by atoms with Crippen LogP contribution >= 0.6 is 0 Å². The molecule has 2 aromatic carbocycles. The predicted molar refractivity (Wildman–Crippen MR) is 83.1 cm³/mol. The molecule has 0 unspecified atom stereocenters. The molecule has 3 atom stereocenters. The molecule has 0 bridgehead atoms. The first-order valence-electron chi connectivity index (χ1n) is 7.51. The third-order valence-electron chi connectivity index (χ3n) is 4.92. The average Bonchev–Trinajstić information content (AvgIpc) is 2.79. The molecule has 4 rings (SSSR count). The van der Waals surface area contributed by atoms with Crippen molar-refractivity contribution in [3.63, 3.8) is 0 Å². The standard InChI is InChI=1S/C19H18O2/c1-19-11-14(9-10-17(19)21-18(20)12-19)16-8-4-6-13-5-2-3-7-15(13)16/h2-10,14,17H,11-12H2,1H3/t14-,17-,19-/m1/s1. The van der Waals surface area contributed by atoms with Crippen molar-refractivity contribution in [3.8, 4) is 0 Å². The van der Waals surface area contributed by atoms with Gasteiger partial charge in [-0.1, -0.05) is 55.5 Å². The van der Waals surface area contributed by atoms with Crippen molar-refractivity contribution in [2.24, 2.45) is 5.41 Å². The maximum absolute atomic E-state index is 11.6. The van der Waals surface area contributed by atoms with Crippen LogP contribution in [-0.4, -0.2) is 12.1 Å². The van der Waals surface area contributed by atoms with Crippen molar-refractivity contribution in [2.75, 3.05) is 0 Å². The van der Waals surface area contributed by atoms with Gasteiger partial charge in [0.05, 0.1) is 6.42 Å². The Morgan fingerprint density at radius 1 is 1.10 bits per heavy atom. The van der Waals surface area contributed by atoms with Gasteiger partial charge in [-0.2, -0.15) is 0 Å². The minimum atomic E-state index is -0.0641. The van der Waals surface area contributed by atoms with E-state index in [2.05, 4.69) is 61.5 Å². The summed E-state index contributed by atoms with van der Waals surface area (Å²) in [5.74, 6) is 0.289. The first kappa shape index (κ1) is 12.6. The van der Waals surface area contributed by atoms with Crippen LogP contribution in [0.5, 0.6) is 0 Å². The van der Waals surface area contributed by atoms with Crippen molar-refractivity contribution in [3.05, 3.63) is 60.2 Å². The van der Waals surface area contributed by atoms with Gasteiger partial charge in [0.2, 0.25) is 0 Å². The monoisotopic (exact) mass is 278 g/mol. The van der Waals surface area contributed by atoms with Gasteiger partial charge in [-0.3, -0.25) is 4.79 Å². The summed E-state index contributed by atoms with van der Waals surface area (Å²) in [6.07, 6.45) is 5.75. The molecular formula is C19H18O2. The van der Waals surface area contributed by atoms with Gasteiger partial charge in [0.15, 0.2) is 0 Å². The van der Waals surface area contributed by atoms with E-state index in [0.29, 0.717) is 12.3 Å². The summed E-state index contributed by atoms with van der Waals surface area (Å²) in [4.78, 5) is 11.6. The summed E-state index contributed by atoms with van der Waals surface area (Å²) >= 11 is 0. The Morgan fingerprint density at radius 2 is 1.90 bits per heavy atom. The SMILES string of the molecule is C[C@@]12CC(=O)O[C@@H]1C=C[C@@H](c1cccc3ccccc13)C2. The first-order chi connectivity index (χ1) is 10.2. The summed E-state index contributed by atoms with van der Waals surface area (Å²) in [5, 5.41) is 2.58. The number of rotatable bonds is 1. The van der Waals surface area contributed by atoms with Crippen molar-refractivity contribution < 1.29 is 9.53 Å². The van der Waals surface area contributed by atoms with Gasteiger partial charge in [-0.15, -0.1) is 0 Å². The molecule has 1 aliphatic heterocycles. The smallest absolute Gasteiger partial charge is 0.307 e. The molecule has 1 fully saturated rings. The zero-order valence-corrected chi connectivity index (χ0v) is 12.1. The fraction of sp³-hybridized carbons (Fsp3) is 0.316. The molecule has 0 amide bonds. The van der Waals surface area contributed by atoms with Crippen LogP contribution in [-0.2, 0) is 9.53 Å². The third-order valence-corrected chi connectivity index (χ3v) is 4.92. The number of benzene rings is 2. The second kappa shape index (κ2) is 4.45. The number of carbonyl (C=O) groups is 1. The van der Waals surface area contributed by atoms with E-state index >= 15 is 0 Å². The van der Waals surface area contributed by atoms with E-state index < -0.39 is 0 Å². The molecule has 0 aromatic heterocycles. The van der Waals surface area contributed by atoms with Crippen LogP contribution < -0.4 is 0 Å². The Hall–Kier alpha value is -2.09. The van der Waals surface area contributed by atoms with Gasteiger partial charge in [-0.25, -0.2) is 0 Å². The maximum atomic E-state index is 11.6. The summed E-state index contributed by atoms with van der Waals surface area (Å²) in [6, 6.07) is 15.0. The molecule has 2 heteroatoms. The van der Waals surface area contributed by atoms with Crippen molar-refractivity contribution in [2.45, 2.75) is 31.8 Å². The molecule has 21 heavy (non-hydrogen) atoms. The van der Waals surface area contributed by atoms with Crippen LogP contribution in [0.15, 0.2) is 54.6 Å². The number of allylic oxidation sites excluding steroid dienone is 1. The van der Waals surface area contributed by atoms with Crippen LogP contribution in [0.25, 0.3) is 10.8 Å². The minimum absolute atomic E-state index is 0.0452. The van der Waals surface area contributed by atoms with Crippen LogP contribution in [0.3, 0.4) is 0 Å². The van der Waals surface area contributed by atoms with E-state index in [1.807, 2.05) is 0 Å². The van der Waals surface area contributed by atoms with Gasteiger partial charge >= 0.3 is 5.97 Å². The highest BCUT2D eigenvalue weighted by atomic mass is 16.6. The molecule has 0 spiro atoms. The van der Waals surface area contributed by atoms with Gasteiger partial charge in [0, 0.05) is 11.3 Å². The van der Waals surface area contributed by atoms with Crippen LogP contribution in [0, 0.1) is 5.41 Å². The molecule has 1 saturated heterocycles. The molecule has 0 N–H and O–H groups in total. The Labute approximate surface area is 124 Å². The lowest BCUT2D eigenvalue weighted by Crippen LogP contribution is -2.31. The highest BCUT2D eigenvalue weighted by Gasteiger charge is 2.47. The van der Waals surface area contributed by atoms with E-state index in [1.54, 1.807) is 0 Å². The highest BCUT2D eigenvalue weighted by molar-refractivity contribution is 5.86. The van der Waals surface area contributed by atoms with Gasteiger partial charge in [-0.05, 0) is 28.8 Å². The lowest BCUT2D eigenvalue weighted by atomic mass is 9.70. The van der Waals surface area contributed by atoms with Crippen molar-refractivity contribution in [1.29, 1.82) is 0 Å². The first-order valence-corrected chi connectivity index (χ1v) is 7.51. The summed E-state index contributed by atoms with van der Waals surface area (Å²) < 4.78 is 5.41. The van der Waals surface area contributed by atoms with E-state index in [9.17, 15) is 4.79 Å². The van der Waals surface area contributed by atoms with Crippen molar-refractivity contribution >= 4 is 16.7 Å². The molecule has 2 aromatic rings. The fourth-order valence-electron chi connectivity index (χ4n) is 3.81. The van der Waals surface area contributed by atoms with E-state index in [0.717, 1.165) is 6.42 Å². The number of carbonyl (C=O) groups excluding carboxylic acids is 1. The predicted octanol–water partition coefficient (Wildman–Crippen LogP) is 4.21. The topological polar surface area (TPSA) is 26.3 Å². The number of esters is 1. The van der Waals surface area contributed by atoms with Crippen LogP contribution in [0.1, 0.15) is 31.2 Å². The van der Waals surface area contributed by atoms with E-state index in [1.165, 1.54) is 16.3 Å². The zero-order valence-electron chi connectivity index (χ0n) is 12.1. The minimum Gasteiger partial charge on any atom is -0.457 e.